The second-order valence-electron chi connectivity index (χ2n) is 8.29. The lowest BCUT2D eigenvalue weighted by molar-refractivity contribution is 0.103. The molecule has 2 aromatic heterocycles. The van der Waals surface area contributed by atoms with Crippen molar-refractivity contribution in [3.05, 3.63) is 77.1 Å². The number of hydrogen-bond donors (Lipinski definition) is 1. The Kier molecular flexibility index (Phi) is 6.46. The van der Waals surface area contributed by atoms with E-state index in [0.29, 0.717) is 0 Å². The zero-order valence-electron chi connectivity index (χ0n) is 17.5. The molecule has 0 amide bonds. The van der Waals surface area contributed by atoms with Gasteiger partial charge in [-0.15, -0.1) is 0 Å². The first kappa shape index (κ1) is 19.9. The summed E-state index contributed by atoms with van der Waals surface area (Å²) in [5.41, 5.74) is 5.08. The lowest BCUT2D eigenvalue weighted by atomic mass is 10.0. The zero-order valence-corrected chi connectivity index (χ0v) is 17.5. The number of rotatable bonds is 9. The molecule has 0 atom stereocenters. The Morgan fingerprint density at radius 1 is 1.07 bits per heavy atom. The summed E-state index contributed by atoms with van der Waals surface area (Å²) in [4.78, 5) is 13.2. The van der Waals surface area contributed by atoms with Gasteiger partial charge in [-0.25, -0.2) is 0 Å². The fraction of sp³-hybridized carbons (Fsp3) is 0.423. The Morgan fingerprint density at radius 3 is 2.62 bits per heavy atom. The highest BCUT2D eigenvalue weighted by atomic mass is 16.1. The highest BCUT2D eigenvalue weighted by molar-refractivity contribution is 6.09. The van der Waals surface area contributed by atoms with E-state index in [1.165, 1.54) is 44.1 Å². The molecule has 152 valence electrons. The molecule has 3 nitrogen and oxygen atoms in total. The molecule has 1 fully saturated rings. The number of pyridine rings is 1. The summed E-state index contributed by atoms with van der Waals surface area (Å²) in [5, 5.41) is 3.69. The van der Waals surface area contributed by atoms with Crippen molar-refractivity contribution in [2.45, 2.75) is 64.3 Å². The molecule has 0 unspecified atom stereocenters. The highest BCUT2D eigenvalue weighted by Crippen LogP contribution is 2.21. The van der Waals surface area contributed by atoms with Crippen molar-refractivity contribution in [2.24, 2.45) is 0 Å². The van der Waals surface area contributed by atoms with Gasteiger partial charge in [0.15, 0.2) is 0 Å². The molecule has 1 aliphatic carbocycles. The van der Waals surface area contributed by atoms with Crippen molar-refractivity contribution in [2.75, 3.05) is 6.54 Å². The molecular formula is C26H32N2O. The third-order valence-electron chi connectivity index (χ3n) is 6.25. The van der Waals surface area contributed by atoms with Crippen LogP contribution in [0.2, 0.25) is 0 Å². The molecular weight excluding hydrogens is 356 g/mol. The van der Waals surface area contributed by atoms with Crippen molar-refractivity contribution in [3.63, 3.8) is 0 Å². The van der Waals surface area contributed by atoms with Gasteiger partial charge in [0.05, 0.1) is 5.69 Å². The number of nitrogens with one attached hydrogen (secondary N) is 1. The van der Waals surface area contributed by atoms with Gasteiger partial charge < -0.3 is 9.72 Å². The van der Waals surface area contributed by atoms with Gasteiger partial charge in [0.1, 0.15) is 0 Å². The molecule has 0 saturated heterocycles. The van der Waals surface area contributed by atoms with Crippen LogP contribution in [0.15, 0.2) is 54.7 Å². The Morgan fingerprint density at radius 2 is 1.86 bits per heavy atom. The normalized spacial score (nSPS) is 14.7. The van der Waals surface area contributed by atoms with Crippen LogP contribution in [0.3, 0.4) is 0 Å². The number of aryl methyl sites for hydroxylation is 2. The van der Waals surface area contributed by atoms with Crippen LogP contribution in [0.1, 0.15) is 72.6 Å². The number of nitrogens with zero attached hydrogens (tertiary/aromatic N) is 1. The highest BCUT2D eigenvalue weighted by Gasteiger charge is 2.18. The first-order valence-electron chi connectivity index (χ1n) is 11.2. The standard InChI is InChI=1S/C26H32N2O/c1-2-21-19-24-12-6-8-18-28(24)25(21)26(29)22-15-13-20(14-16-22)9-5-7-17-27-23-10-3-4-11-23/h6,8,12-16,18-19,23,27H,2-5,7,9-11,17H2,1H3. The summed E-state index contributed by atoms with van der Waals surface area (Å²) in [6.07, 6.45) is 11.8. The maximum atomic E-state index is 13.2. The van der Waals surface area contributed by atoms with Gasteiger partial charge >= 0.3 is 0 Å². The van der Waals surface area contributed by atoms with E-state index < -0.39 is 0 Å². The molecule has 29 heavy (non-hydrogen) atoms. The van der Waals surface area contributed by atoms with Crippen molar-refractivity contribution in [1.29, 1.82) is 0 Å². The minimum Gasteiger partial charge on any atom is -0.314 e. The maximum absolute atomic E-state index is 13.2. The minimum absolute atomic E-state index is 0.111. The molecule has 4 rings (SSSR count). The van der Waals surface area contributed by atoms with Crippen LogP contribution in [-0.4, -0.2) is 22.8 Å². The number of carbonyl (C=O) groups excluding carboxylic acids is 1. The average molecular weight is 389 g/mol. The van der Waals surface area contributed by atoms with Gasteiger partial charge in [-0.05, 0) is 74.4 Å². The summed E-state index contributed by atoms with van der Waals surface area (Å²) >= 11 is 0. The molecule has 0 aliphatic heterocycles. The lowest BCUT2D eigenvalue weighted by Crippen LogP contribution is -2.26. The van der Waals surface area contributed by atoms with E-state index >= 15 is 0 Å². The second-order valence-corrected chi connectivity index (χ2v) is 8.29. The molecule has 2 heterocycles. The van der Waals surface area contributed by atoms with Gasteiger partial charge in [0, 0.05) is 23.3 Å². The van der Waals surface area contributed by atoms with Gasteiger partial charge in [0.25, 0.3) is 0 Å². The monoisotopic (exact) mass is 388 g/mol. The van der Waals surface area contributed by atoms with Crippen LogP contribution in [0, 0.1) is 0 Å². The van der Waals surface area contributed by atoms with Crippen LogP contribution < -0.4 is 5.32 Å². The Hall–Kier alpha value is -2.39. The minimum atomic E-state index is 0.111. The predicted octanol–water partition coefficient (Wildman–Crippen LogP) is 5.59. The fourth-order valence-corrected chi connectivity index (χ4v) is 4.55. The average Bonchev–Trinajstić information content (AvgIpc) is 3.41. The summed E-state index contributed by atoms with van der Waals surface area (Å²) in [5.74, 6) is 0.111. The molecule has 1 aromatic carbocycles. The Bertz CT molecular complexity index is 949. The van der Waals surface area contributed by atoms with Crippen LogP contribution >= 0.6 is 0 Å². The Labute approximate surface area is 174 Å². The molecule has 1 saturated carbocycles. The fourth-order valence-electron chi connectivity index (χ4n) is 4.55. The first-order chi connectivity index (χ1) is 14.3. The second kappa shape index (κ2) is 9.41. The predicted molar refractivity (Wildman–Crippen MR) is 120 cm³/mol. The summed E-state index contributed by atoms with van der Waals surface area (Å²) in [7, 11) is 0. The molecule has 0 radical (unpaired) electrons. The molecule has 1 aliphatic rings. The van der Waals surface area contributed by atoms with E-state index in [-0.39, 0.29) is 5.78 Å². The molecule has 0 spiro atoms. The number of aromatic nitrogens is 1. The lowest BCUT2D eigenvalue weighted by Gasteiger charge is -2.11. The SMILES string of the molecule is CCc1cc2ccccn2c1C(=O)c1ccc(CCCCNC2CCCC2)cc1. The maximum Gasteiger partial charge on any atom is 0.210 e. The number of benzene rings is 1. The van der Waals surface area contributed by atoms with E-state index in [1.54, 1.807) is 0 Å². The van der Waals surface area contributed by atoms with E-state index in [9.17, 15) is 4.79 Å². The van der Waals surface area contributed by atoms with Crippen LogP contribution in [0.5, 0.6) is 0 Å². The zero-order chi connectivity index (χ0) is 20.1. The topological polar surface area (TPSA) is 33.5 Å². The van der Waals surface area contributed by atoms with E-state index in [4.69, 9.17) is 0 Å². The third kappa shape index (κ3) is 4.62. The molecule has 3 heteroatoms. The van der Waals surface area contributed by atoms with Crippen molar-refractivity contribution < 1.29 is 4.79 Å². The van der Waals surface area contributed by atoms with Crippen molar-refractivity contribution in [3.8, 4) is 0 Å². The van der Waals surface area contributed by atoms with E-state index in [0.717, 1.165) is 47.8 Å². The molecule has 0 bridgehead atoms. The quantitative estimate of drug-likeness (QED) is 0.383. The Balaban J connectivity index is 1.36. The van der Waals surface area contributed by atoms with Crippen LogP contribution in [-0.2, 0) is 12.8 Å². The van der Waals surface area contributed by atoms with E-state index in [2.05, 4.69) is 36.5 Å². The molecule has 1 N–H and O–H groups in total. The van der Waals surface area contributed by atoms with Gasteiger partial charge in [0.2, 0.25) is 5.78 Å². The first-order valence-corrected chi connectivity index (χ1v) is 11.2. The van der Waals surface area contributed by atoms with Gasteiger partial charge in [-0.1, -0.05) is 50.1 Å². The number of fused-ring (bicyclic) bond motifs is 1. The smallest absolute Gasteiger partial charge is 0.210 e. The largest absolute Gasteiger partial charge is 0.314 e. The summed E-state index contributed by atoms with van der Waals surface area (Å²) in [6, 6.07) is 17.2. The third-order valence-corrected chi connectivity index (χ3v) is 6.25. The molecule has 3 aromatic rings. The number of carbonyl (C=O) groups is 1. The van der Waals surface area contributed by atoms with Crippen LogP contribution in [0.25, 0.3) is 5.52 Å². The summed E-state index contributed by atoms with van der Waals surface area (Å²) in [6.45, 7) is 3.23. The van der Waals surface area contributed by atoms with Gasteiger partial charge in [-0.3, -0.25) is 4.79 Å². The number of unbranched alkanes of at least 4 members (excludes halogenated alkanes) is 1. The number of hydrogen-bond acceptors (Lipinski definition) is 2. The van der Waals surface area contributed by atoms with Crippen LogP contribution in [0.4, 0.5) is 0 Å². The van der Waals surface area contributed by atoms with Crippen molar-refractivity contribution >= 4 is 11.3 Å². The summed E-state index contributed by atoms with van der Waals surface area (Å²) < 4.78 is 2.02. The van der Waals surface area contributed by atoms with E-state index in [1.807, 2.05) is 34.9 Å². The van der Waals surface area contributed by atoms with Crippen molar-refractivity contribution in [1.82, 2.24) is 9.72 Å². The van der Waals surface area contributed by atoms with Gasteiger partial charge in [-0.2, -0.15) is 0 Å². The number of ketones is 1.